The maximum Gasteiger partial charge on any atom is 0.272 e. The number of nitrogens with zero attached hydrogens (tertiary/aromatic N) is 3. The number of likely N-dealkylation sites (tertiary alicyclic amines) is 2. The second kappa shape index (κ2) is 8.83. The van der Waals surface area contributed by atoms with Gasteiger partial charge in [0.2, 0.25) is 0 Å². The highest BCUT2D eigenvalue weighted by Crippen LogP contribution is 2.39. The van der Waals surface area contributed by atoms with Gasteiger partial charge in [-0.2, -0.15) is 0 Å². The summed E-state index contributed by atoms with van der Waals surface area (Å²) in [4.78, 5) is 22.0. The largest absolute Gasteiger partial charge is 0.489 e. The molecule has 1 amide bonds. The molecule has 2 aliphatic rings. The third-order valence-corrected chi connectivity index (χ3v) is 7.08. The number of aryl methyl sites for hydroxylation is 1. The lowest BCUT2D eigenvalue weighted by molar-refractivity contribution is 0.0563. The Hall–Kier alpha value is -2.66. The summed E-state index contributed by atoms with van der Waals surface area (Å²) in [7, 11) is 0. The summed E-state index contributed by atoms with van der Waals surface area (Å²) < 4.78 is 5.79. The summed E-state index contributed by atoms with van der Waals surface area (Å²) in [5, 5.41) is 0. The van der Waals surface area contributed by atoms with Crippen LogP contribution in [0, 0.1) is 13.8 Å². The van der Waals surface area contributed by atoms with E-state index in [-0.39, 0.29) is 11.9 Å². The molecule has 0 radical (unpaired) electrons. The molecule has 0 spiro atoms. The highest BCUT2D eigenvalue weighted by molar-refractivity contribution is 5.93. The zero-order chi connectivity index (χ0) is 22.1. The van der Waals surface area contributed by atoms with Crippen LogP contribution in [0.2, 0.25) is 0 Å². The maximum atomic E-state index is 13.0. The van der Waals surface area contributed by atoms with Crippen molar-refractivity contribution in [1.29, 1.82) is 0 Å². The average Bonchev–Trinajstić information content (AvgIpc) is 3.40. The maximum absolute atomic E-state index is 13.0. The molecular weight excluding hydrogens is 386 g/mol. The van der Waals surface area contributed by atoms with Crippen LogP contribution in [-0.4, -0.2) is 52.5 Å². The van der Waals surface area contributed by atoms with E-state index in [0.29, 0.717) is 24.4 Å². The van der Waals surface area contributed by atoms with Crippen molar-refractivity contribution >= 4 is 5.91 Å². The van der Waals surface area contributed by atoms with Crippen LogP contribution < -0.4 is 4.74 Å². The first-order valence-electron chi connectivity index (χ1n) is 11.3. The summed E-state index contributed by atoms with van der Waals surface area (Å²) in [5.41, 5.74) is 5.53. The van der Waals surface area contributed by atoms with Crippen LogP contribution in [0.1, 0.15) is 59.1 Å². The zero-order valence-corrected chi connectivity index (χ0v) is 19.1. The number of piperazine rings is 1. The molecule has 31 heavy (non-hydrogen) atoms. The molecule has 3 atom stereocenters. The molecule has 0 N–H and O–H groups in total. The summed E-state index contributed by atoms with van der Waals surface area (Å²) in [6.07, 6.45) is 5.57. The molecule has 1 aromatic carbocycles. The number of rotatable bonds is 7. The molecule has 5 heteroatoms. The number of carbonyl (C=O) groups is 1. The number of hydrogen-bond donors (Lipinski definition) is 0. The molecule has 2 aromatic rings. The van der Waals surface area contributed by atoms with Crippen molar-refractivity contribution in [3.8, 4) is 5.75 Å². The van der Waals surface area contributed by atoms with Crippen molar-refractivity contribution in [3.05, 3.63) is 71.1 Å². The van der Waals surface area contributed by atoms with Crippen molar-refractivity contribution in [2.24, 2.45) is 0 Å². The fourth-order valence-electron chi connectivity index (χ4n) is 5.08. The van der Waals surface area contributed by atoms with Gasteiger partial charge in [0.05, 0.1) is 0 Å². The third-order valence-electron chi connectivity index (χ3n) is 7.08. The lowest BCUT2D eigenvalue weighted by atomic mass is 9.96. The first-order valence-corrected chi connectivity index (χ1v) is 11.3. The van der Waals surface area contributed by atoms with Crippen LogP contribution in [0.3, 0.4) is 0 Å². The number of carbonyl (C=O) groups excluding carboxylic acids is 1. The molecule has 5 nitrogen and oxygen atoms in total. The third kappa shape index (κ3) is 3.99. The highest BCUT2D eigenvalue weighted by Gasteiger charge is 2.47. The van der Waals surface area contributed by atoms with Gasteiger partial charge < -0.3 is 9.64 Å². The van der Waals surface area contributed by atoms with E-state index in [9.17, 15) is 4.79 Å². The number of amides is 1. The number of hydrogen-bond acceptors (Lipinski definition) is 4. The van der Waals surface area contributed by atoms with E-state index in [1.807, 2.05) is 23.2 Å². The molecule has 2 fully saturated rings. The van der Waals surface area contributed by atoms with Crippen molar-refractivity contribution in [3.63, 3.8) is 0 Å². The SMILES string of the molecule is C=CCOc1ccc([C@H](C)N2C[C@H]3C[C@@H]2CN3C(=O)c2ccc(CC)cn2)c(C)c1C. The van der Waals surface area contributed by atoms with Gasteiger partial charge in [-0.3, -0.25) is 14.7 Å². The van der Waals surface area contributed by atoms with Crippen molar-refractivity contribution in [2.45, 2.75) is 58.7 Å². The van der Waals surface area contributed by atoms with Crippen LogP contribution in [-0.2, 0) is 6.42 Å². The van der Waals surface area contributed by atoms with Gasteiger partial charge in [-0.15, -0.1) is 0 Å². The van der Waals surface area contributed by atoms with E-state index in [1.54, 1.807) is 6.08 Å². The van der Waals surface area contributed by atoms with Gasteiger partial charge in [0.25, 0.3) is 5.91 Å². The van der Waals surface area contributed by atoms with Crippen LogP contribution >= 0.6 is 0 Å². The molecule has 3 heterocycles. The first kappa shape index (κ1) is 21.6. The molecule has 2 saturated heterocycles. The molecule has 4 rings (SSSR count). The minimum absolute atomic E-state index is 0.0678. The number of ether oxygens (including phenoxy) is 1. The Morgan fingerprint density at radius 2 is 2.03 bits per heavy atom. The van der Waals surface area contributed by atoms with Gasteiger partial charge >= 0.3 is 0 Å². The van der Waals surface area contributed by atoms with Gasteiger partial charge in [0.1, 0.15) is 18.1 Å². The normalized spacial score (nSPS) is 21.4. The van der Waals surface area contributed by atoms with Crippen LogP contribution in [0.5, 0.6) is 5.75 Å². The molecule has 2 aliphatic heterocycles. The number of benzene rings is 1. The molecule has 0 saturated carbocycles. The Bertz CT molecular complexity index is 969. The average molecular weight is 420 g/mol. The zero-order valence-electron chi connectivity index (χ0n) is 19.1. The smallest absolute Gasteiger partial charge is 0.272 e. The molecule has 164 valence electrons. The monoisotopic (exact) mass is 419 g/mol. The minimum Gasteiger partial charge on any atom is -0.489 e. The Morgan fingerprint density at radius 3 is 2.65 bits per heavy atom. The van der Waals surface area contributed by atoms with Gasteiger partial charge in [0.15, 0.2) is 0 Å². The number of aromatic nitrogens is 1. The topological polar surface area (TPSA) is 45.7 Å². The Morgan fingerprint density at radius 1 is 1.23 bits per heavy atom. The Balaban J connectivity index is 1.45. The van der Waals surface area contributed by atoms with E-state index in [0.717, 1.165) is 37.2 Å². The van der Waals surface area contributed by atoms with E-state index >= 15 is 0 Å². The van der Waals surface area contributed by atoms with E-state index in [1.165, 1.54) is 16.7 Å². The first-order chi connectivity index (χ1) is 14.9. The lowest BCUT2D eigenvalue weighted by Crippen LogP contribution is -2.49. The predicted octanol–water partition coefficient (Wildman–Crippen LogP) is 4.49. The predicted molar refractivity (Wildman–Crippen MR) is 124 cm³/mol. The van der Waals surface area contributed by atoms with Crippen LogP contribution in [0.15, 0.2) is 43.1 Å². The Kier molecular flexibility index (Phi) is 6.15. The number of fused-ring (bicyclic) bond motifs is 2. The van der Waals surface area contributed by atoms with E-state index < -0.39 is 0 Å². The van der Waals surface area contributed by atoms with Crippen LogP contribution in [0.25, 0.3) is 0 Å². The fourth-order valence-corrected chi connectivity index (χ4v) is 5.08. The second-order valence-electron chi connectivity index (χ2n) is 8.78. The summed E-state index contributed by atoms with van der Waals surface area (Å²) in [6.45, 7) is 14.6. The van der Waals surface area contributed by atoms with Gasteiger partial charge in [-0.1, -0.05) is 31.7 Å². The summed E-state index contributed by atoms with van der Waals surface area (Å²) >= 11 is 0. The molecule has 0 aliphatic carbocycles. The van der Waals surface area contributed by atoms with E-state index in [4.69, 9.17) is 4.74 Å². The fraction of sp³-hybridized carbons (Fsp3) is 0.462. The molecule has 2 bridgehead atoms. The van der Waals surface area contributed by atoms with Crippen molar-refractivity contribution in [1.82, 2.24) is 14.8 Å². The second-order valence-corrected chi connectivity index (χ2v) is 8.78. The minimum atomic E-state index is 0.0678. The number of pyridine rings is 1. The van der Waals surface area contributed by atoms with Gasteiger partial charge in [0, 0.05) is 37.4 Å². The highest BCUT2D eigenvalue weighted by atomic mass is 16.5. The van der Waals surface area contributed by atoms with Gasteiger partial charge in [-0.05, 0) is 68.0 Å². The van der Waals surface area contributed by atoms with Crippen molar-refractivity contribution in [2.75, 3.05) is 19.7 Å². The standard InChI is InChI=1S/C26H33N3O2/c1-6-12-31-25-11-9-23(17(3)18(25)4)19(5)28-15-22-13-21(28)16-29(22)26(30)24-10-8-20(7-2)14-27-24/h6,8-11,14,19,21-22H,1,7,12-13,15-16H2,2-5H3/t19-,21+,22+/m0/s1. The summed E-state index contributed by atoms with van der Waals surface area (Å²) in [5.74, 6) is 0.993. The molecular formula is C26H33N3O2. The Labute approximate surface area is 185 Å². The quantitative estimate of drug-likeness (QED) is 0.621. The van der Waals surface area contributed by atoms with Gasteiger partial charge in [-0.25, -0.2) is 0 Å². The van der Waals surface area contributed by atoms with Crippen LogP contribution in [0.4, 0.5) is 0 Å². The molecule has 0 unspecified atom stereocenters. The van der Waals surface area contributed by atoms with E-state index in [2.05, 4.69) is 56.3 Å². The lowest BCUT2D eigenvalue weighted by Gasteiger charge is -2.38. The molecule has 1 aromatic heterocycles. The summed E-state index contributed by atoms with van der Waals surface area (Å²) in [6, 6.07) is 9.12. The van der Waals surface area contributed by atoms with Crippen molar-refractivity contribution < 1.29 is 9.53 Å².